The second-order valence-electron chi connectivity index (χ2n) is 10.5. The van der Waals surface area contributed by atoms with Gasteiger partial charge in [0.15, 0.2) is 0 Å². The molecule has 0 aliphatic rings. The predicted molar refractivity (Wildman–Crippen MR) is 164 cm³/mol. The summed E-state index contributed by atoms with van der Waals surface area (Å²) in [6.45, 7) is 8.67. The van der Waals surface area contributed by atoms with Crippen molar-refractivity contribution in [3.8, 4) is 17.1 Å². The third-order valence-electron chi connectivity index (χ3n) is 7.02. The van der Waals surface area contributed by atoms with Gasteiger partial charge in [0.2, 0.25) is 0 Å². The Labute approximate surface area is 238 Å². The Morgan fingerprint density at radius 2 is 1.25 bits per heavy atom. The highest BCUT2D eigenvalue weighted by molar-refractivity contribution is 7.84. The molecule has 5 aromatic rings. The van der Waals surface area contributed by atoms with Crippen molar-refractivity contribution in [1.29, 1.82) is 0 Å². The fraction of sp³-hybridized carbons (Fsp3) is 0.206. The number of nitrogens with zero attached hydrogens (tertiary/aromatic N) is 3. The number of anilines is 3. The molecule has 0 aliphatic carbocycles. The van der Waals surface area contributed by atoms with Gasteiger partial charge in [0.1, 0.15) is 16.7 Å². The summed E-state index contributed by atoms with van der Waals surface area (Å²) in [5.74, 6) is 0.373. The van der Waals surface area contributed by atoms with Gasteiger partial charge >= 0.3 is 0 Å². The largest absolute Gasteiger partial charge is 0.310 e. The zero-order chi connectivity index (χ0) is 28.4. The number of aromatic nitrogens is 2. The van der Waals surface area contributed by atoms with Crippen molar-refractivity contribution in [2.45, 2.75) is 44.6 Å². The van der Waals surface area contributed by atoms with Crippen molar-refractivity contribution in [3.63, 3.8) is 0 Å². The molecular weight excluding hydrogens is 517 g/mol. The molecule has 0 saturated heterocycles. The number of rotatable bonds is 8. The third-order valence-corrected chi connectivity index (χ3v) is 7.80. The molecule has 1 atom stereocenters. The number of benzene rings is 4. The van der Waals surface area contributed by atoms with Gasteiger partial charge in [-0.2, -0.15) is 0 Å². The molecular formula is C34H34FN3OS. The first kappa shape index (κ1) is 27.5. The molecule has 4 nitrogen and oxygen atoms in total. The smallest absolute Gasteiger partial charge is 0.148 e. The maximum absolute atomic E-state index is 15.1. The van der Waals surface area contributed by atoms with Gasteiger partial charge in [0.05, 0.1) is 22.1 Å². The summed E-state index contributed by atoms with van der Waals surface area (Å²) < 4.78 is 29.6. The van der Waals surface area contributed by atoms with Crippen molar-refractivity contribution in [3.05, 3.63) is 120 Å². The highest BCUT2D eigenvalue weighted by Crippen LogP contribution is 2.42. The predicted octanol–water partition coefficient (Wildman–Crippen LogP) is 9.13. The maximum atomic E-state index is 15.1. The van der Waals surface area contributed by atoms with Gasteiger partial charge in [-0.3, -0.25) is 8.78 Å². The van der Waals surface area contributed by atoms with E-state index in [1.165, 1.54) is 6.07 Å². The number of hydrogen-bond donors (Lipinski definition) is 0. The number of para-hydroxylation sites is 2. The normalized spacial score (nSPS) is 12.2. The standard InChI is InChI=1S/C34H34FN3OS/c1-23(2)29-20-27(38(25-14-8-6-9-15-25)26-16-10-7-11-17-26)21-30(24(3)4)33(29)37-22-32(40(5)39)36-34(37)28-18-12-13-19-31(28)35/h6-24H,1-5H3. The van der Waals surface area contributed by atoms with E-state index in [2.05, 4.69) is 74.0 Å². The number of halogens is 1. The molecule has 0 N–H and O–H groups in total. The summed E-state index contributed by atoms with van der Waals surface area (Å²) in [6.07, 6.45) is 3.40. The minimum Gasteiger partial charge on any atom is -0.310 e. The Hall–Kier alpha value is -4.03. The van der Waals surface area contributed by atoms with E-state index in [0.717, 1.165) is 33.9 Å². The van der Waals surface area contributed by atoms with Gasteiger partial charge in [0, 0.05) is 29.5 Å². The highest BCUT2D eigenvalue weighted by Gasteiger charge is 2.25. The number of imidazole rings is 1. The minimum absolute atomic E-state index is 0.146. The van der Waals surface area contributed by atoms with E-state index in [-0.39, 0.29) is 17.7 Å². The lowest BCUT2D eigenvalue weighted by Crippen LogP contribution is -2.14. The molecule has 0 spiro atoms. The van der Waals surface area contributed by atoms with Crippen molar-refractivity contribution in [2.75, 3.05) is 11.2 Å². The summed E-state index contributed by atoms with van der Waals surface area (Å²) in [4.78, 5) is 6.95. The zero-order valence-corrected chi connectivity index (χ0v) is 24.3. The van der Waals surface area contributed by atoms with Crippen LogP contribution < -0.4 is 4.90 Å². The Kier molecular flexibility index (Phi) is 7.99. The lowest BCUT2D eigenvalue weighted by atomic mass is 9.90. The zero-order valence-electron chi connectivity index (χ0n) is 23.5. The second kappa shape index (κ2) is 11.6. The minimum atomic E-state index is -1.33. The molecule has 40 heavy (non-hydrogen) atoms. The van der Waals surface area contributed by atoms with Crippen molar-refractivity contribution < 1.29 is 8.60 Å². The molecule has 1 unspecified atom stereocenters. The summed E-state index contributed by atoms with van der Waals surface area (Å²) in [5, 5.41) is 0.418. The molecule has 204 valence electrons. The molecule has 0 aliphatic heterocycles. The first-order valence-corrected chi connectivity index (χ1v) is 15.1. The molecule has 4 aromatic carbocycles. The van der Waals surface area contributed by atoms with E-state index in [1.54, 1.807) is 30.7 Å². The molecule has 0 radical (unpaired) electrons. The summed E-state index contributed by atoms with van der Waals surface area (Å²) in [5.41, 5.74) is 6.69. The quantitative estimate of drug-likeness (QED) is 0.193. The van der Waals surface area contributed by atoms with Gasteiger partial charge in [-0.05, 0) is 71.5 Å². The van der Waals surface area contributed by atoms with Crippen LogP contribution in [-0.4, -0.2) is 20.0 Å². The van der Waals surface area contributed by atoms with Gasteiger partial charge in [-0.25, -0.2) is 9.37 Å². The summed E-state index contributed by atoms with van der Waals surface area (Å²) in [7, 11) is -1.33. The maximum Gasteiger partial charge on any atom is 0.148 e. The Bertz CT molecular complexity index is 1580. The van der Waals surface area contributed by atoms with Crippen LogP contribution in [0.3, 0.4) is 0 Å². The van der Waals surface area contributed by atoms with Crippen LogP contribution in [0.1, 0.15) is 50.7 Å². The van der Waals surface area contributed by atoms with Crippen LogP contribution in [0.15, 0.2) is 108 Å². The van der Waals surface area contributed by atoms with Gasteiger partial charge in [0.25, 0.3) is 0 Å². The number of hydrogen-bond acceptors (Lipinski definition) is 3. The van der Waals surface area contributed by atoms with Crippen LogP contribution in [0.4, 0.5) is 21.5 Å². The summed E-state index contributed by atoms with van der Waals surface area (Å²) in [6, 6.07) is 31.7. The van der Waals surface area contributed by atoms with Crippen LogP contribution in [0.5, 0.6) is 0 Å². The molecule has 6 heteroatoms. The molecule has 1 aromatic heterocycles. The lowest BCUT2D eigenvalue weighted by molar-refractivity contribution is 0.629. The molecule has 0 saturated carbocycles. The topological polar surface area (TPSA) is 38.1 Å². The van der Waals surface area contributed by atoms with Crippen molar-refractivity contribution in [1.82, 2.24) is 9.55 Å². The molecule has 5 rings (SSSR count). The van der Waals surface area contributed by atoms with Gasteiger partial charge in [-0.1, -0.05) is 76.2 Å². The first-order valence-electron chi connectivity index (χ1n) is 13.5. The van der Waals surface area contributed by atoms with Crippen molar-refractivity contribution in [2.24, 2.45) is 0 Å². The third kappa shape index (κ3) is 5.36. The lowest BCUT2D eigenvalue weighted by Gasteiger charge is -2.30. The van der Waals surface area contributed by atoms with E-state index in [9.17, 15) is 4.21 Å². The van der Waals surface area contributed by atoms with Gasteiger partial charge < -0.3 is 4.90 Å². The average Bonchev–Trinajstić information content (AvgIpc) is 3.39. The Morgan fingerprint density at radius 3 is 1.73 bits per heavy atom. The van der Waals surface area contributed by atoms with E-state index in [1.807, 2.05) is 41.0 Å². The Balaban J connectivity index is 1.82. The molecule has 0 bridgehead atoms. The van der Waals surface area contributed by atoms with E-state index in [4.69, 9.17) is 0 Å². The average molecular weight is 552 g/mol. The SMILES string of the molecule is CC(C)c1cc(N(c2ccccc2)c2ccccc2)cc(C(C)C)c1-n1cc(S(C)=O)nc1-c1ccccc1F. The second-order valence-corrected chi connectivity index (χ2v) is 11.8. The summed E-state index contributed by atoms with van der Waals surface area (Å²) >= 11 is 0. The van der Waals surface area contributed by atoms with Crippen LogP contribution in [0.25, 0.3) is 17.1 Å². The van der Waals surface area contributed by atoms with E-state index < -0.39 is 10.8 Å². The van der Waals surface area contributed by atoms with E-state index >= 15 is 4.39 Å². The van der Waals surface area contributed by atoms with Crippen LogP contribution in [-0.2, 0) is 10.8 Å². The van der Waals surface area contributed by atoms with Crippen LogP contribution >= 0.6 is 0 Å². The molecule has 0 amide bonds. The monoisotopic (exact) mass is 551 g/mol. The van der Waals surface area contributed by atoms with Crippen LogP contribution in [0, 0.1) is 5.82 Å². The fourth-order valence-electron chi connectivity index (χ4n) is 5.05. The molecule has 0 fully saturated rings. The first-order chi connectivity index (χ1) is 19.3. The van der Waals surface area contributed by atoms with Gasteiger partial charge in [-0.15, -0.1) is 0 Å². The highest BCUT2D eigenvalue weighted by atomic mass is 32.2. The van der Waals surface area contributed by atoms with E-state index in [0.29, 0.717) is 16.4 Å². The van der Waals surface area contributed by atoms with Crippen molar-refractivity contribution >= 4 is 27.9 Å². The fourth-order valence-corrected chi connectivity index (χ4v) is 5.52. The molecule has 1 heterocycles. The van der Waals surface area contributed by atoms with Crippen LogP contribution in [0.2, 0.25) is 0 Å². The Morgan fingerprint density at radius 1 is 0.750 bits per heavy atom.